The highest BCUT2D eigenvalue weighted by atomic mass is 16.5. The van der Waals surface area contributed by atoms with Gasteiger partial charge in [0, 0.05) is 13.2 Å². The second kappa shape index (κ2) is 9.15. The van der Waals surface area contributed by atoms with Gasteiger partial charge in [0.25, 0.3) is 0 Å². The maximum Gasteiger partial charge on any atom is 0.0576 e. The van der Waals surface area contributed by atoms with Crippen molar-refractivity contribution in [3.05, 3.63) is 35.9 Å². The van der Waals surface area contributed by atoms with Crippen molar-refractivity contribution < 1.29 is 4.74 Å². The van der Waals surface area contributed by atoms with E-state index in [4.69, 9.17) is 4.74 Å². The molecule has 1 aliphatic heterocycles. The largest absolute Gasteiger partial charge is 0.378 e. The van der Waals surface area contributed by atoms with Gasteiger partial charge in [-0.3, -0.25) is 0 Å². The maximum atomic E-state index is 5.70. The first-order chi connectivity index (χ1) is 9.90. The molecule has 0 saturated carbocycles. The summed E-state index contributed by atoms with van der Waals surface area (Å²) in [5, 5.41) is 3.50. The number of likely N-dealkylation sites (N-methyl/N-ethyl adjacent to an activating group) is 1. The molecule has 0 aliphatic carbocycles. The van der Waals surface area contributed by atoms with Crippen LogP contribution in [-0.4, -0.2) is 25.8 Å². The second-order valence-corrected chi connectivity index (χ2v) is 5.83. The normalized spacial score (nSPS) is 20.1. The van der Waals surface area contributed by atoms with Gasteiger partial charge < -0.3 is 10.1 Å². The molecule has 1 fully saturated rings. The minimum atomic E-state index is 0.555. The molecule has 1 aromatic rings. The van der Waals surface area contributed by atoms with Crippen LogP contribution in [0, 0.1) is 0 Å². The van der Waals surface area contributed by atoms with E-state index in [1.54, 1.807) is 0 Å². The molecule has 2 rings (SSSR count). The number of rotatable bonds is 9. The van der Waals surface area contributed by atoms with E-state index in [1.165, 1.54) is 44.1 Å². The highest BCUT2D eigenvalue weighted by molar-refractivity contribution is 5.19. The van der Waals surface area contributed by atoms with Crippen LogP contribution in [0.1, 0.15) is 56.9 Å². The maximum absolute atomic E-state index is 5.70. The van der Waals surface area contributed by atoms with Gasteiger partial charge in [-0.05, 0) is 43.7 Å². The van der Waals surface area contributed by atoms with Gasteiger partial charge in [-0.25, -0.2) is 0 Å². The standard InChI is InChI=1S/C18H29NO/c1-2-19-15-17(16-9-4-3-5-10-16)11-6-7-12-18-13-8-14-20-18/h3-5,9-10,17-19H,2,6-8,11-15H2,1H3. The topological polar surface area (TPSA) is 21.3 Å². The van der Waals surface area contributed by atoms with E-state index in [2.05, 4.69) is 42.6 Å². The van der Waals surface area contributed by atoms with Crippen molar-refractivity contribution in [3.63, 3.8) is 0 Å². The summed E-state index contributed by atoms with van der Waals surface area (Å²) in [6.07, 6.45) is 8.24. The van der Waals surface area contributed by atoms with Crippen molar-refractivity contribution in [3.8, 4) is 0 Å². The summed E-state index contributed by atoms with van der Waals surface area (Å²) in [4.78, 5) is 0. The zero-order chi connectivity index (χ0) is 14.0. The lowest BCUT2D eigenvalue weighted by molar-refractivity contribution is 0.102. The third-order valence-corrected chi connectivity index (χ3v) is 4.26. The molecule has 1 aliphatic rings. The van der Waals surface area contributed by atoms with Gasteiger partial charge in [-0.2, -0.15) is 0 Å². The van der Waals surface area contributed by atoms with E-state index in [9.17, 15) is 0 Å². The van der Waals surface area contributed by atoms with E-state index >= 15 is 0 Å². The zero-order valence-corrected chi connectivity index (χ0v) is 12.8. The Labute approximate surface area is 123 Å². The molecule has 0 amide bonds. The molecule has 0 spiro atoms. The van der Waals surface area contributed by atoms with Crippen LogP contribution in [-0.2, 0) is 4.74 Å². The van der Waals surface area contributed by atoms with Gasteiger partial charge in [0.15, 0.2) is 0 Å². The van der Waals surface area contributed by atoms with Crippen LogP contribution in [0.15, 0.2) is 30.3 Å². The smallest absolute Gasteiger partial charge is 0.0576 e. The van der Waals surface area contributed by atoms with Crippen LogP contribution >= 0.6 is 0 Å². The summed E-state index contributed by atoms with van der Waals surface area (Å²) >= 11 is 0. The summed E-state index contributed by atoms with van der Waals surface area (Å²) in [5.74, 6) is 0.653. The number of unbranched alkanes of at least 4 members (excludes halogenated alkanes) is 1. The lowest BCUT2D eigenvalue weighted by atomic mass is 9.92. The Morgan fingerprint density at radius 1 is 1.25 bits per heavy atom. The summed E-state index contributed by atoms with van der Waals surface area (Å²) in [6, 6.07) is 10.9. The molecule has 2 atom stereocenters. The van der Waals surface area contributed by atoms with Crippen molar-refractivity contribution in [2.75, 3.05) is 19.7 Å². The molecule has 0 aromatic heterocycles. The monoisotopic (exact) mass is 275 g/mol. The molecular formula is C18H29NO. The summed E-state index contributed by atoms with van der Waals surface area (Å²) in [5.41, 5.74) is 1.48. The van der Waals surface area contributed by atoms with E-state index in [-0.39, 0.29) is 0 Å². The Bertz CT molecular complexity index is 346. The van der Waals surface area contributed by atoms with E-state index in [0.29, 0.717) is 12.0 Å². The lowest BCUT2D eigenvalue weighted by Crippen LogP contribution is -2.21. The fourth-order valence-electron chi connectivity index (χ4n) is 3.07. The van der Waals surface area contributed by atoms with Crippen molar-refractivity contribution >= 4 is 0 Å². The quantitative estimate of drug-likeness (QED) is 0.685. The van der Waals surface area contributed by atoms with Crippen molar-refractivity contribution in [2.45, 2.75) is 57.5 Å². The van der Waals surface area contributed by atoms with Crippen LogP contribution in [0.25, 0.3) is 0 Å². The fourth-order valence-corrected chi connectivity index (χ4v) is 3.07. The molecule has 112 valence electrons. The average molecular weight is 275 g/mol. The number of ether oxygens (including phenoxy) is 1. The molecular weight excluding hydrogens is 246 g/mol. The summed E-state index contributed by atoms with van der Waals surface area (Å²) in [6.45, 7) is 5.32. The van der Waals surface area contributed by atoms with Crippen molar-refractivity contribution in [1.29, 1.82) is 0 Å². The van der Waals surface area contributed by atoms with Gasteiger partial charge in [0.05, 0.1) is 6.10 Å². The van der Waals surface area contributed by atoms with Gasteiger partial charge >= 0.3 is 0 Å². The Hall–Kier alpha value is -0.860. The predicted molar refractivity (Wildman–Crippen MR) is 85.2 cm³/mol. The minimum Gasteiger partial charge on any atom is -0.378 e. The van der Waals surface area contributed by atoms with Gasteiger partial charge in [-0.1, -0.05) is 50.1 Å². The molecule has 0 bridgehead atoms. The highest BCUT2D eigenvalue weighted by Crippen LogP contribution is 2.24. The first-order valence-electron chi connectivity index (χ1n) is 8.27. The Morgan fingerprint density at radius 3 is 2.80 bits per heavy atom. The van der Waals surface area contributed by atoms with Gasteiger partial charge in [0.1, 0.15) is 0 Å². The van der Waals surface area contributed by atoms with Crippen LogP contribution < -0.4 is 5.32 Å². The lowest BCUT2D eigenvalue weighted by Gasteiger charge is -2.18. The zero-order valence-electron chi connectivity index (χ0n) is 12.8. The number of benzene rings is 1. The predicted octanol–water partition coefficient (Wildman–Crippen LogP) is 4.12. The third kappa shape index (κ3) is 5.26. The van der Waals surface area contributed by atoms with Crippen LogP contribution in [0.5, 0.6) is 0 Å². The number of hydrogen-bond acceptors (Lipinski definition) is 2. The second-order valence-electron chi connectivity index (χ2n) is 5.83. The minimum absolute atomic E-state index is 0.555. The molecule has 20 heavy (non-hydrogen) atoms. The Balaban J connectivity index is 1.72. The third-order valence-electron chi connectivity index (χ3n) is 4.26. The fraction of sp³-hybridized carbons (Fsp3) is 0.667. The summed E-state index contributed by atoms with van der Waals surface area (Å²) in [7, 11) is 0. The Morgan fingerprint density at radius 2 is 2.10 bits per heavy atom. The SMILES string of the molecule is CCNCC(CCCCC1CCCO1)c1ccccc1. The molecule has 1 saturated heterocycles. The van der Waals surface area contributed by atoms with E-state index < -0.39 is 0 Å². The molecule has 2 nitrogen and oxygen atoms in total. The first kappa shape index (κ1) is 15.5. The molecule has 1 N–H and O–H groups in total. The van der Waals surface area contributed by atoms with Crippen LogP contribution in [0.2, 0.25) is 0 Å². The highest BCUT2D eigenvalue weighted by Gasteiger charge is 2.15. The van der Waals surface area contributed by atoms with Crippen molar-refractivity contribution in [2.24, 2.45) is 0 Å². The van der Waals surface area contributed by atoms with E-state index in [0.717, 1.165) is 19.7 Å². The van der Waals surface area contributed by atoms with E-state index in [1.807, 2.05) is 0 Å². The van der Waals surface area contributed by atoms with Gasteiger partial charge in [0.2, 0.25) is 0 Å². The number of hydrogen-bond donors (Lipinski definition) is 1. The molecule has 0 radical (unpaired) electrons. The van der Waals surface area contributed by atoms with Gasteiger partial charge in [-0.15, -0.1) is 0 Å². The first-order valence-corrected chi connectivity index (χ1v) is 8.27. The molecule has 2 heteroatoms. The molecule has 1 aromatic carbocycles. The molecule has 2 unspecified atom stereocenters. The summed E-state index contributed by atoms with van der Waals surface area (Å²) < 4.78 is 5.70. The van der Waals surface area contributed by atoms with Crippen molar-refractivity contribution in [1.82, 2.24) is 5.32 Å². The molecule has 1 heterocycles. The number of nitrogens with one attached hydrogen (secondary N) is 1. The Kier molecular flexibility index (Phi) is 7.10. The van der Waals surface area contributed by atoms with Crippen LogP contribution in [0.4, 0.5) is 0 Å². The van der Waals surface area contributed by atoms with Crippen LogP contribution in [0.3, 0.4) is 0 Å². The average Bonchev–Trinajstić information content (AvgIpc) is 3.01.